The first kappa shape index (κ1) is 13.8. The Morgan fingerprint density at radius 3 is 2.95 bits per heavy atom. The number of aromatic nitrogens is 1. The second-order valence-corrected chi connectivity index (χ2v) is 5.10. The summed E-state index contributed by atoms with van der Waals surface area (Å²) in [5.74, 6) is -0.0684. The van der Waals surface area contributed by atoms with Crippen LogP contribution in [0.4, 0.5) is 5.69 Å². The molecule has 5 heteroatoms. The van der Waals surface area contributed by atoms with Crippen LogP contribution in [-0.2, 0) is 4.74 Å². The highest BCUT2D eigenvalue weighted by atomic mass is 16.5. The third-order valence-corrected chi connectivity index (χ3v) is 3.75. The smallest absolute Gasteiger partial charge is 0.254 e. The molecule has 1 saturated carbocycles. The van der Waals surface area contributed by atoms with Crippen LogP contribution in [0, 0.1) is 5.41 Å². The predicted molar refractivity (Wildman–Crippen MR) is 74.3 cm³/mol. The fraction of sp³-hybridized carbons (Fsp3) is 0.571. The van der Waals surface area contributed by atoms with E-state index in [1.165, 1.54) is 12.8 Å². The molecule has 2 rings (SSSR count). The van der Waals surface area contributed by atoms with Crippen molar-refractivity contribution in [2.24, 2.45) is 5.41 Å². The lowest BCUT2D eigenvalue weighted by molar-refractivity contribution is 0.0938. The van der Waals surface area contributed by atoms with E-state index >= 15 is 0 Å². The molecular formula is C14H21N3O2. The first-order valence-corrected chi connectivity index (χ1v) is 6.60. The standard InChI is InChI=1S/C14H21N3O2/c1-15-12-3-7-16-9-11(12)13(18)17-10-14(4-5-14)6-8-19-2/h3,7,9H,4-6,8,10H2,1-2H3,(H,15,16)(H,17,18). The van der Waals surface area contributed by atoms with Gasteiger partial charge in [0, 0.05) is 45.4 Å². The Morgan fingerprint density at radius 2 is 2.32 bits per heavy atom. The number of pyridine rings is 1. The van der Waals surface area contributed by atoms with Gasteiger partial charge in [-0.3, -0.25) is 9.78 Å². The molecule has 1 aromatic rings. The zero-order chi connectivity index (χ0) is 13.7. The predicted octanol–water partition coefficient (Wildman–Crippen LogP) is 1.67. The normalized spacial score (nSPS) is 15.9. The molecule has 1 aromatic heterocycles. The van der Waals surface area contributed by atoms with Crippen molar-refractivity contribution in [1.82, 2.24) is 10.3 Å². The highest BCUT2D eigenvalue weighted by Gasteiger charge is 2.42. The Balaban J connectivity index is 1.91. The van der Waals surface area contributed by atoms with E-state index in [4.69, 9.17) is 4.74 Å². The molecule has 0 atom stereocenters. The zero-order valence-corrected chi connectivity index (χ0v) is 11.5. The van der Waals surface area contributed by atoms with Crippen LogP contribution < -0.4 is 10.6 Å². The second-order valence-electron chi connectivity index (χ2n) is 5.10. The average Bonchev–Trinajstić information content (AvgIpc) is 3.23. The molecule has 1 aliphatic carbocycles. The lowest BCUT2D eigenvalue weighted by Gasteiger charge is -2.16. The Bertz CT molecular complexity index is 444. The number of ether oxygens (including phenoxy) is 1. The fourth-order valence-corrected chi connectivity index (χ4v) is 2.17. The molecule has 2 N–H and O–H groups in total. The van der Waals surface area contributed by atoms with Gasteiger partial charge in [-0.1, -0.05) is 0 Å². The van der Waals surface area contributed by atoms with E-state index in [1.807, 2.05) is 0 Å². The summed E-state index contributed by atoms with van der Waals surface area (Å²) in [4.78, 5) is 16.2. The number of nitrogens with one attached hydrogen (secondary N) is 2. The molecule has 0 unspecified atom stereocenters. The molecule has 5 nitrogen and oxygen atoms in total. The highest BCUT2D eigenvalue weighted by molar-refractivity contribution is 5.99. The van der Waals surface area contributed by atoms with Crippen LogP contribution in [0.2, 0.25) is 0 Å². The molecule has 0 aromatic carbocycles. The summed E-state index contributed by atoms with van der Waals surface area (Å²) >= 11 is 0. The van der Waals surface area contributed by atoms with Crippen LogP contribution in [0.3, 0.4) is 0 Å². The molecule has 19 heavy (non-hydrogen) atoms. The van der Waals surface area contributed by atoms with Gasteiger partial charge in [-0.15, -0.1) is 0 Å². The molecular weight excluding hydrogens is 242 g/mol. The van der Waals surface area contributed by atoms with E-state index in [2.05, 4.69) is 15.6 Å². The van der Waals surface area contributed by atoms with Crippen LogP contribution >= 0.6 is 0 Å². The van der Waals surface area contributed by atoms with E-state index in [-0.39, 0.29) is 11.3 Å². The molecule has 0 saturated heterocycles. The lowest BCUT2D eigenvalue weighted by atomic mass is 10.0. The number of carbonyl (C=O) groups is 1. The van der Waals surface area contributed by atoms with Crippen LogP contribution in [0.15, 0.2) is 18.5 Å². The summed E-state index contributed by atoms with van der Waals surface area (Å²) in [6.07, 6.45) is 6.61. The summed E-state index contributed by atoms with van der Waals surface area (Å²) in [6, 6.07) is 1.80. The molecule has 1 aliphatic rings. The Labute approximate surface area is 113 Å². The first-order valence-electron chi connectivity index (χ1n) is 6.60. The Kier molecular flexibility index (Phi) is 4.37. The van der Waals surface area contributed by atoms with Gasteiger partial charge in [-0.25, -0.2) is 0 Å². The molecule has 1 amide bonds. The van der Waals surface area contributed by atoms with Crippen molar-refractivity contribution in [2.45, 2.75) is 19.3 Å². The third-order valence-electron chi connectivity index (χ3n) is 3.75. The number of hydrogen-bond donors (Lipinski definition) is 2. The van der Waals surface area contributed by atoms with Crippen molar-refractivity contribution in [2.75, 3.05) is 32.6 Å². The van der Waals surface area contributed by atoms with Gasteiger partial charge in [0.15, 0.2) is 0 Å². The van der Waals surface area contributed by atoms with Gasteiger partial charge in [0.1, 0.15) is 0 Å². The molecule has 0 bridgehead atoms. The van der Waals surface area contributed by atoms with Crippen LogP contribution in [-0.4, -0.2) is 38.2 Å². The van der Waals surface area contributed by atoms with Crippen LogP contribution in [0.1, 0.15) is 29.6 Å². The Morgan fingerprint density at radius 1 is 1.53 bits per heavy atom. The molecule has 1 heterocycles. The van der Waals surface area contributed by atoms with Crippen molar-refractivity contribution < 1.29 is 9.53 Å². The molecule has 0 radical (unpaired) electrons. The van der Waals surface area contributed by atoms with Gasteiger partial charge in [-0.05, 0) is 30.7 Å². The van der Waals surface area contributed by atoms with Crippen molar-refractivity contribution in [3.63, 3.8) is 0 Å². The number of anilines is 1. The van der Waals surface area contributed by atoms with Crippen LogP contribution in [0.5, 0.6) is 0 Å². The SMILES string of the molecule is CNc1ccncc1C(=O)NCC1(CCOC)CC1. The fourth-order valence-electron chi connectivity index (χ4n) is 2.17. The first-order chi connectivity index (χ1) is 9.21. The van der Waals surface area contributed by atoms with Gasteiger partial charge in [-0.2, -0.15) is 0 Å². The number of rotatable bonds is 7. The Hall–Kier alpha value is -1.62. The molecule has 0 aliphatic heterocycles. The van der Waals surface area contributed by atoms with Crippen molar-refractivity contribution in [1.29, 1.82) is 0 Å². The zero-order valence-electron chi connectivity index (χ0n) is 11.5. The summed E-state index contributed by atoms with van der Waals surface area (Å²) < 4.78 is 5.11. The maximum atomic E-state index is 12.2. The monoisotopic (exact) mass is 263 g/mol. The van der Waals surface area contributed by atoms with Gasteiger partial charge < -0.3 is 15.4 Å². The van der Waals surface area contributed by atoms with Gasteiger partial charge >= 0.3 is 0 Å². The summed E-state index contributed by atoms with van der Waals surface area (Å²) in [5, 5.41) is 6.01. The van der Waals surface area contributed by atoms with E-state index in [1.54, 1.807) is 32.6 Å². The largest absolute Gasteiger partial charge is 0.387 e. The van der Waals surface area contributed by atoms with E-state index in [9.17, 15) is 4.79 Å². The topological polar surface area (TPSA) is 63.2 Å². The van der Waals surface area contributed by atoms with Crippen molar-refractivity contribution in [3.8, 4) is 0 Å². The molecule has 1 fully saturated rings. The minimum Gasteiger partial charge on any atom is -0.387 e. The van der Waals surface area contributed by atoms with Gasteiger partial charge in [0.2, 0.25) is 0 Å². The summed E-state index contributed by atoms with van der Waals surface area (Å²) in [7, 11) is 3.51. The number of methoxy groups -OCH3 is 1. The van der Waals surface area contributed by atoms with Crippen molar-refractivity contribution >= 4 is 11.6 Å². The number of carbonyl (C=O) groups excluding carboxylic acids is 1. The quantitative estimate of drug-likeness (QED) is 0.785. The number of amides is 1. The van der Waals surface area contributed by atoms with E-state index in [0.717, 1.165) is 18.7 Å². The summed E-state index contributed by atoms with van der Waals surface area (Å²) in [6.45, 7) is 1.47. The molecule has 104 valence electrons. The van der Waals surface area contributed by atoms with Crippen molar-refractivity contribution in [3.05, 3.63) is 24.0 Å². The maximum Gasteiger partial charge on any atom is 0.254 e. The lowest BCUT2D eigenvalue weighted by Crippen LogP contribution is -2.31. The number of hydrogen-bond acceptors (Lipinski definition) is 4. The maximum absolute atomic E-state index is 12.2. The highest BCUT2D eigenvalue weighted by Crippen LogP contribution is 2.48. The van der Waals surface area contributed by atoms with Gasteiger partial charge in [0.25, 0.3) is 5.91 Å². The average molecular weight is 263 g/mol. The summed E-state index contributed by atoms with van der Waals surface area (Å²) in [5.41, 5.74) is 1.65. The van der Waals surface area contributed by atoms with E-state index in [0.29, 0.717) is 12.1 Å². The second kappa shape index (κ2) is 6.02. The number of nitrogens with zero attached hydrogens (tertiary/aromatic N) is 1. The third kappa shape index (κ3) is 3.44. The molecule has 0 spiro atoms. The van der Waals surface area contributed by atoms with Gasteiger partial charge in [0.05, 0.1) is 5.56 Å². The minimum atomic E-state index is -0.0684. The van der Waals surface area contributed by atoms with Crippen LogP contribution in [0.25, 0.3) is 0 Å². The van der Waals surface area contributed by atoms with E-state index < -0.39 is 0 Å². The minimum absolute atomic E-state index is 0.0684.